The quantitative estimate of drug-likeness (QED) is 0.403. The van der Waals surface area contributed by atoms with Gasteiger partial charge in [0, 0.05) is 10.0 Å². The molecule has 19 heavy (non-hydrogen) atoms. The first-order chi connectivity index (χ1) is 9.15. The minimum atomic E-state index is -0.432. The van der Waals surface area contributed by atoms with Crippen LogP contribution in [0.1, 0.15) is 11.1 Å². The minimum absolute atomic E-state index is 0.172. The number of oxime groups is 1. The van der Waals surface area contributed by atoms with Gasteiger partial charge in [0.15, 0.2) is 5.84 Å². The smallest absolute Gasteiger partial charge is 0.339 e. The summed E-state index contributed by atoms with van der Waals surface area (Å²) in [5, 5.41) is 7.43. The van der Waals surface area contributed by atoms with Crippen LogP contribution in [0.3, 0.4) is 0 Å². The molecule has 0 radical (unpaired) electrons. The van der Waals surface area contributed by atoms with Crippen molar-refractivity contribution in [2.75, 3.05) is 0 Å². The maximum Gasteiger partial charge on any atom is 0.339 e. The van der Waals surface area contributed by atoms with Gasteiger partial charge in [0.05, 0.1) is 6.42 Å². The van der Waals surface area contributed by atoms with Gasteiger partial charge in [-0.1, -0.05) is 33.2 Å². The van der Waals surface area contributed by atoms with Crippen molar-refractivity contribution in [2.45, 2.75) is 6.42 Å². The molecule has 0 saturated heterocycles. The SMILES string of the molecule is N/C(=N\OC(=O)Cc1ccsc1)c1ccc(Br)cc1. The van der Waals surface area contributed by atoms with Crippen molar-refractivity contribution >= 4 is 39.1 Å². The van der Waals surface area contributed by atoms with Crippen LogP contribution in [0.5, 0.6) is 0 Å². The lowest BCUT2D eigenvalue weighted by atomic mass is 10.2. The molecule has 1 aromatic carbocycles. The molecule has 6 heteroatoms. The number of nitrogens with zero attached hydrogens (tertiary/aromatic N) is 1. The van der Waals surface area contributed by atoms with Gasteiger partial charge in [0.25, 0.3) is 0 Å². The van der Waals surface area contributed by atoms with Crippen molar-refractivity contribution in [1.29, 1.82) is 0 Å². The lowest BCUT2D eigenvalue weighted by Crippen LogP contribution is -2.15. The van der Waals surface area contributed by atoms with Crippen LogP contribution in [-0.2, 0) is 16.1 Å². The molecule has 2 aromatic rings. The van der Waals surface area contributed by atoms with E-state index in [2.05, 4.69) is 21.1 Å². The zero-order chi connectivity index (χ0) is 13.7. The standard InChI is InChI=1S/C13H11BrN2O2S/c14-11-3-1-10(2-4-11)13(15)16-18-12(17)7-9-5-6-19-8-9/h1-6,8H,7H2,(H2,15,16). The second kappa shape index (κ2) is 6.49. The second-order valence-corrected chi connectivity index (χ2v) is 5.45. The summed E-state index contributed by atoms with van der Waals surface area (Å²) < 4.78 is 0.943. The van der Waals surface area contributed by atoms with E-state index in [0.717, 1.165) is 10.0 Å². The predicted octanol–water partition coefficient (Wildman–Crippen LogP) is 2.92. The highest BCUT2D eigenvalue weighted by molar-refractivity contribution is 9.10. The summed E-state index contributed by atoms with van der Waals surface area (Å²) in [6, 6.07) is 9.12. The normalized spacial score (nSPS) is 11.3. The number of carbonyl (C=O) groups excluding carboxylic acids is 1. The van der Waals surface area contributed by atoms with E-state index in [1.807, 2.05) is 29.0 Å². The second-order valence-electron chi connectivity index (χ2n) is 3.76. The number of hydrogen-bond donors (Lipinski definition) is 1. The Morgan fingerprint density at radius 2 is 2.05 bits per heavy atom. The monoisotopic (exact) mass is 338 g/mol. The van der Waals surface area contributed by atoms with Crippen molar-refractivity contribution in [3.8, 4) is 0 Å². The summed E-state index contributed by atoms with van der Waals surface area (Å²) in [6.45, 7) is 0. The molecule has 0 amide bonds. The van der Waals surface area contributed by atoms with Crippen molar-refractivity contribution in [1.82, 2.24) is 0 Å². The van der Waals surface area contributed by atoms with E-state index in [1.54, 1.807) is 12.1 Å². The molecule has 0 spiro atoms. The fourth-order valence-electron chi connectivity index (χ4n) is 1.37. The molecular formula is C13H11BrN2O2S. The molecule has 98 valence electrons. The average molecular weight is 339 g/mol. The third kappa shape index (κ3) is 4.18. The molecule has 0 unspecified atom stereocenters. The molecule has 0 aliphatic heterocycles. The van der Waals surface area contributed by atoms with Crippen LogP contribution in [0.4, 0.5) is 0 Å². The van der Waals surface area contributed by atoms with Crippen LogP contribution in [0.15, 0.2) is 50.7 Å². The van der Waals surface area contributed by atoms with Crippen LogP contribution >= 0.6 is 27.3 Å². The highest BCUT2D eigenvalue weighted by atomic mass is 79.9. The van der Waals surface area contributed by atoms with Gasteiger partial charge >= 0.3 is 5.97 Å². The van der Waals surface area contributed by atoms with Crippen LogP contribution in [0.2, 0.25) is 0 Å². The fraction of sp³-hybridized carbons (Fsp3) is 0.0769. The van der Waals surface area contributed by atoms with Gasteiger partial charge in [0.1, 0.15) is 0 Å². The maximum atomic E-state index is 11.5. The Labute approximate surface area is 123 Å². The number of amidine groups is 1. The van der Waals surface area contributed by atoms with Gasteiger partial charge < -0.3 is 10.6 Å². The highest BCUT2D eigenvalue weighted by Gasteiger charge is 2.06. The Morgan fingerprint density at radius 3 is 2.68 bits per heavy atom. The van der Waals surface area contributed by atoms with Crippen LogP contribution in [0.25, 0.3) is 0 Å². The Bertz CT molecular complexity index is 579. The van der Waals surface area contributed by atoms with Gasteiger partial charge in [0.2, 0.25) is 0 Å². The number of hydrogen-bond acceptors (Lipinski definition) is 4. The summed E-state index contributed by atoms with van der Waals surface area (Å²) in [4.78, 5) is 16.3. The molecule has 0 aliphatic rings. The molecule has 0 bridgehead atoms. The molecule has 2 rings (SSSR count). The third-order valence-electron chi connectivity index (χ3n) is 2.31. The van der Waals surface area contributed by atoms with E-state index in [9.17, 15) is 4.79 Å². The van der Waals surface area contributed by atoms with Crippen LogP contribution in [-0.4, -0.2) is 11.8 Å². The van der Waals surface area contributed by atoms with E-state index < -0.39 is 5.97 Å². The number of benzene rings is 1. The van der Waals surface area contributed by atoms with Crippen molar-refractivity contribution in [3.63, 3.8) is 0 Å². The summed E-state index contributed by atoms with van der Waals surface area (Å²) >= 11 is 4.86. The first kappa shape index (κ1) is 13.8. The summed E-state index contributed by atoms with van der Waals surface area (Å²) in [7, 11) is 0. The molecular weight excluding hydrogens is 328 g/mol. The van der Waals surface area contributed by atoms with E-state index in [0.29, 0.717) is 5.56 Å². The maximum absolute atomic E-state index is 11.5. The Hall–Kier alpha value is -1.66. The summed E-state index contributed by atoms with van der Waals surface area (Å²) in [6.07, 6.45) is 0.195. The van der Waals surface area contributed by atoms with E-state index >= 15 is 0 Å². The largest absolute Gasteiger partial charge is 0.380 e. The molecule has 0 fully saturated rings. The number of thiophene rings is 1. The minimum Gasteiger partial charge on any atom is -0.380 e. The van der Waals surface area contributed by atoms with Gasteiger partial charge in [-0.15, -0.1) is 0 Å². The van der Waals surface area contributed by atoms with Gasteiger partial charge in [-0.3, -0.25) is 0 Å². The summed E-state index contributed by atoms with van der Waals surface area (Å²) in [5.41, 5.74) is 7.34. The predicted molar refractivity (Wildman–Crippen MR) is 79.0 cm³/mol. The van der Waals surface area contributed by atoms with E-state index in [-0.39, 0.29) is 12.3 Å². The lowest BCUT2D eigenvalue weighted by molar-refractivity contribution is -0.142. The molecule has 0 atom stereocenters. The zero-order valence-electron chi connectivity index (χ0n) is 9.88. The molecule has 1 aromatic heterocycles. The van der Waals surface area contributed by atoms with Crippen LogP contribution < -0.4 is 5.73 Å². The molecule has 0 saturated carbocycles. The first-order valence-corrected chi connectivity index (χ1v) is 7.19. The highest BCUT2D eigenvalue weighted by Crippen LogP contribution is 2.10. The summed E-state index contributed by atoms with van der Waals surface area (Å²) in [5.74, 6) is -0.260. The number of halogens is 1. The number of rotatable bonds is 4. The Morgan fingerprint density at radius 1 is 1.32 bits per heavy atom. The number of nitrogens with two attached hydrogens (primary N) is 1. The van der Waals surface area contributed by atoms with Gasteiger partial charge in [-0.2, -0.15) is 11.3 Å². The number of carbonyl (C=O) groups is 1. The third-order valence-corrected chi connectivity index (χ3v) is 3.58. The zero-order valence-corrected chi connectivity index (χ0v) is 12.3. The average Bonchev–Trinajstić information content (AvgIpc) is 2.89. The van der Waals surface area contributed by atoms with Crippen LogP contribution in [0, 0.1) is 0 Å². The first-order valence-electron chi connectivity index (χ1n) is 5.45. The van der Waals surface area contributed by atoms with E-state index in [4.69, 9.17) is 10.6 Å². The molecule has 1 heterocycles. The Kier molecular flexibility index (Phi) is 4.70. The topological polar surface area (TPSA) is 64.7 Å². The molecule has 4 nitrogen and oxygen atoms in total. The van der Waals surface area contributed by atoms with Crippen molar-refractivity contribution in [3.05, 3.63) is 56.7 Å². The van der Waals surface area contributed by atoms with Gasteiger partial charge in [-0.05, 0) is 34.5 Å². The lowest BCUT2D eigenvalue weighted by Gasteiger charge is -2.01. The van der Waals surface area contributed by atoms with Gasteiger partial charge in [-0.25, -0.2) is 4.79 Å². The van der Waals surface area contributed by atoms with Crippen molar-refractivity contribution < 1.29 is 9.63 Å². The molecule has 0 aliphatic carbocycles. The fourth-order valence-corrected chi connectivity index (χ4v) is 2.30. The molecule has 2 N–H and O–H groups in total. The van der Waals surface area contributed by atoms with E-state index in [1.165, 1.54) is 11.3 Å². The van der Waals surface area contributed by atoms with Crippen molar-refractivity contribution in [2.24, 2.45) is 10.9 Å². The Balaban J connectivity index is 1.94.